The normalized spacial score (nSPS) is 18.4. The highest BCUT2D eigenvalue weighted by Crippen LogP contribution is 2.22. The number of aromatic nitrogens is 2. The van der Waals surface area contributed by atoms with Crippen LogP contribution in [-0.4, -0.2) is 39.7 Å². The molecule has 1 aliphatic heterocycles. The lowest BCUT2D eigenvalue weighted by atomic mass is 9.94. The number of ether oxygens (including phenoxy) is 1. The number of nitrogens with zero attached hydrogens (tertiary/aromatic N) is 2. The molecular formula is C19H25N3O3. The number of likely N-dealkylation sites (tertiary alicyclic amines) is 1. The van der Waals surface area contributed by atoms with E-state index in [4.69, 9.17) is 4.74 Å². The standard InChI is InChI=1S/C19H25N3O3/c1-19(2,3)25-18(24)22-10-6-7-13(12-22)11-16-20-15-9-5-4-8-14(15)17(23)21-16/h4-5,8-9,13H,6-7,10-12H2,1-3H3,(H,20,21,23)/t13-/m0/s1. The molecule has 1 amide bonds. The summed E-state index contributed by atoms with van der Waals surface area (Å²) in [5, 5.41) is 0.602. The summed E-state index contributed by atoms with van der Waals surface area (Å²) in [7, 11) is 0. The number of fused-ring (bicyclic) bond motifs is 1. The zero-order chi connectivity index (χ0) is 18.0. The number of para-hydroxylation sites is 1. The van der Waals surface area contributed by atoms with Crippen LogP contribution in [0.3, 0.4) is 0 Å². The third-order valence-corrected chi connectivity index (χ3v) is 4.31. The molecule has 1 N–H and O–H groups in total. The van der Waals surface area contributed by atoms with Crippen molar-refractivity contribution in [3.05, 3.63) is 40.4 Å². The van der Waals surface area contributed by atoms with E-state index in [1.54, 1.807) is 11.0 Å². The molecule has 1 saturated heterocycles. The zero-order valence-electron chi connectivity index (χ0n) is 15.0. The number of benzene rings is 1. The van der Waals surface area contributed by atoms with Crippen molar-refractivity contribution in [2.24, 2.45) is 5.92 Å². The highest BCUT2D eigenvalue weighted by Gasteiger charge is 2.28. The summed E-state index contributed by atoms with van der Waals surface area (Å²) in [5.74, 6) is 0.949. The summed E-state index contributed by atoms with van der Waals surface area (Å²) in [6.45, 7) is 6.96. The average Bonchev–Trinajstić information content (AvgIpc) is 2.53. The molecule has 0 saturated carbocycles. The van der Waals surface area contributed by atoms with E-state index in [1.165, 1.54) is 0 Å². The van der Waals surface area contributed by atoms with Crippen LogP contribution < -0.4 is 5.56 Å². The van der Waals surface area contributed by atoms with Crippen molar-refractivity contribution >= 4 is 17.0 Å². The molecule has 1 fully saturated rings. The SMILES string of the molecule is CC(C)(C)OC(=O)N1CCC[C@@H](Cc2nc3ccccc3c(=O)[nH]2)C1. The van der Waals surface area contributed by atoms with Crippen molar-refractivity contribution in [2.75, 3.05) is 13.1 Å². The number of aromatic amines is 1. The number of carbonyl (C=O) groups excluding carboxylic acids is 1. The van der Waals surface area contributed by atoms with Gasteiger partial charge in [-0.2, -0.15) is 0 Å². The lowest BCUT2D eigenvalue weighted by Gasteiger charge is -2.34. The predicted molar refractivity (Wildman–Crippen MR) is 96.6 cm³/mol. The first kappa shape index (κ1) is 17.5. The minimum absolute atomic E-state index is 0.111. The second-order valence-corrected chi connectivity index (χ2v) is 7.67. The maximum Gasteiger partial charge on any atom is 0.410 e. The Morgan fingerprint density at radius 3 is 2.88 bits per heavy atom. The zero-order valence-corrected chi connectivity index (χ0v) is 15.0. The molecule has 6 heteroatoms. The molecule has 1 atom stereocenters. The fourth-order valence-corrected chi connectivity index (χ4v) is 3.23. The second kappa shape index (κ2) is 6.86. The van der Waals surface area contributed by atoms with Crippen LogP contribution in [0.15, 0.2) is 29.1 Å². The Kier molecular flexibility index (Phi) is 4.79. The van der Waals surface area contributed by atoms with E-state index < -0.39 is 5.60 Å². The highest BCUT2D eigenvalue weighted by molar-refractivity contribution is 5.77. The fourth-order valence-electron chi connectivity index (χ4n) is 3.23. The van der Waals surface area contributed by atoms with Crippen molar-refractivity contribution in [3.8, 4) is 0 Å². The number of nitrogens with one attached hydrogen (secondary N) is 1. The van der Waals surface area contributed by atoms with Gasteiger partial charge in [-0.15, -0.1) is 0 Å². The minimum Gasteiger partial charge on any atom is -0.444 e. The van der Waals surface area contributed by atoms with E-state index in [-0.39, 0.29) is 17.6 Å². The van der Waals surface area contributed by atoms with Crippen LogP contribution in [0.5, 0.6) is 0 Å². The number of H-pyrrole nitrogens is 1. The first-order valence-electron chi connectivity index (χ1n) is 8.78. The predicted octanol–water partition coefficient (Wildman–Crippen LogP) is 3.11. The molecule has 2 aromatic rings. The van der Waals surface area contributed by atoms with Gasteiger partial charge < -0.3 is 14.6 Å². The summed E-state index contributed by atoms with van der Waals surface area (Å²) in [5.41, 5.74) is 0.108. The molecular weight excluding hydrogens is 318 g/mol. The van der Waals surface area contributed by atoms with Gasteiger partial charge in [-0.3, -0.25) is 4.79 Å². The summed E-state index contributed by atoms with van der Waals surface area (Å²) in [6.07, 6.45) is 2.33. The third-order valence-electron chi connectivity index (χ3n) is 4.31. The van der Waals surface area contributed by atoms with Crippen molar-refractivity contribution in [2.45, 2.75) is 45.6 Å². The third kappa shape index (κ3) is 4.38. The van der Waals surface area contributed by atoms with Crippen LogP contribution in [0.2, 0.25) is 0 Å². The Labute approximate surface area is 147 Å². The molecule has 134 valence electrons. The topological polar surface area (TPSA) is 75.3 Å². The van der Waals surface area contributed by atoms with Crippen LogP contribution in [0.25, 0.3) is 10.9 Å². The second-order valence-electron chi connectivity index (χ2n) is 7.67. The van der Waals surface area contributed by atoms with E-state index in [9.17, 15) is 9.59 Å². The van der Waals surface area contributed by atoms with Gasteiger partial charge in [0.05, 0.1) is 10.9 Å². The van der Waals surface area contributed by atoms with Crippen molar-refractivity contribution in [1.29, 1.82) is 0 Å². The molecule has 0 radical (unpaired) electrons. The minimum atomic E-state index is -0.491. The molecule has 25 heavy (non-hydrogen) atoms. The van der Waals surface area contributed by atoms with Gasteiger partial charge in [-0.1, -0.05) is 12.1 Å². The number of hydrogen-bond donors (Lipinski definition) is 1. The maximum atomic E-state index is 12.3. The Morgan fingerprint density at radius 2 is 2.12 bits per heavy atom. The monoisotopic (exact) mass is 343 g/mol. The van der Waals surface area contributed by atoms with Crippen molar-refractivity contribution in [3.63, 3.8) is 0 Å². The van der Waals surface area contributed by atoms with Crippen LogP contribution in [0.4, 0.5) is 4.79 Å². The summed E-state index contributed by atoms with van der Waals surface area (Å²) >= 11 is 0. The largest absolute Gasteiger partial charge is 0.444 e. The molecule has 1 aromatic carbocycles. The number of piperidine rings is 1. The van der Waals surface area contributed by atoms with Crippen molar-refractivity contribution < 1.29 is 9.53 Å². The molecule has 0 unspecified atom stereocenters. The smallest absolute Gasteiger partial charge is 0.410 e. The Bertz CT molecular complexity index is 823. The summed E-state index contributed by atoms with van der Waals surface area (Å²) in [6, 6.07) is 7.33. The molecule has 1 aromatic heterocycles. The molecule has 0 aliphatic carbocycles. The van der Waals surface area contributed by atoms with Crippen LogP contribution in [0.1, 0.15) is 39.4 Å². The van der Waals surface area contributed by atoms with Gasteiger partial charge in [0.2, 0.25) is 0 Å². The van der Waals surface area contributed by atoms with Gasteiger partial charge in [0.25, 0.3) is 5.56 Å². The molecule has 2 heterocycles. The molecule has 6 nitrogen and oxygen atoms in total. The van der Waals surface area contributed by atoms with Gasteiger partial charge in [0.1, 0.15) is 11.4 Å². The van der Waals surface area contributed by atoms with Gasteiger partial charge in [-0.25, -0.2) is 9.78 Å². The van der Waals surface area contributed by atoms with E-state index in [0.717, 1.165) is 12.8 Å². The van der Waals surface area contributed by atoms with Crippen molar-refractivity contribution in [1.82, 2.24) is 14.9 Å². The van der Waals surface area contributed by atoms with E-state index in [0.29, 0.717) is 36.2 Å². The quantitative estimate of drug-likeness (QED) is 0.909. The number of rotatable bonds is 2. The highest BCUT2D eigenvalue weighted by atomic mass is 16.6. The first-order valence-corrected chi connectivity index (χ1v) is 8.78. The lowest BCUT2D eigenvalue weighted by molar-refractivity contribution is 0.0165. The first-order chi connectivity index (χ1) is 11.8. The fraction of sp³-hybridized carbons (Fsp3) is 0.526. The maximum absolute atomic E-state index is 12.3. The van der Waals surface area contributed by atoms with Gasteiger partial charge in [-0.05, 0) is 51.7 Å². The molecule has 0 bridgehead atoms. The van der Waals surface area contributed by atoms with Crippen LogP contribution in [-0.2, 0) is 11.2 Å². The number of carbonyl (C=O) groups is 1. The number of amides is 1. The van der Waals surface area contributed by atoms with E-state index >= 15 is 0 Å². The van der Waals surface area contributed by atoms with E-state index in [2.05, 4.69) is 9.97 Å². The summed E-state index contributed by atoms with van der Waals surface area (Å²) in [4.78, 5) is 33.7. The Hall–Kier alpha value is -2.37. The van der Waals surface area contributed by atoms with Crippen LogP contribution >= 0.6 is 0 Å². The lowest BCUT2D eigenvalue weighted by Crippen LogP contribution is -2.43. The van der Waals surface area contributed by atoms with Crippen LogP contribution in [0, 0.1) is 5.92 Å². The van der Waals surface area contributed by atoms with Gasteiger partial charge >= 0.3 is 6.09 Å². The van der Waals surface area contributed by atoms with Gasteiger partial charge in [0, 0.05) is 19.5 Å². The Balaban J connectivity index is 1.71. The Morgan fingerprint density at radius 1 is 1.36 bits per heavy atom. The molecule has 0 spiro atoms. The van der Waals surface area contributed by atoms with Gasteiger partial charge in [0.15, 0.2) is 0 Å². The molecule has 3 rings (SSSR count). The summed E-state index contributed by atoms with van der Waals surface area (Å²) < 4.78 is 5.47. The van der Waals surface area contributed by atoms with E-state index in [1.807, 2.05) is 39.0 Å². The molecule has 1 aliphatic rings. The average molecular weight is 343 g/mol. The number of hydrogen-bond acceptors (Lipinski definition) is 4.